The topological polar surface area (TPSA) is 104 Å². The summed E-state index contributed by atoms with van der Waals surface area (Å²) in [5, 5.41) is 37.0. The molecule has 0 saturated carbocycles. The summed E-state index contributed by atoms with van der Waals surface area (Å²) >= 11 is 0. The predicted octanol–water partition coefficient (Wildman–Crippen LogP) is 0.957. The first-order valence-electron chi connectivity index (χ1n) is 4.94. The Morgan fingerprint density at radius 2 is 2.00 bits per heavy atom. The first-order chi connectivity index (χ1) is 8.17. The fraction of sp³-hybridized carbons (Fsp3) is 0.167. The summed E-state index contributed by atoms with van der Waals surface area (Å²) in [7, 11) is 0. The number of H-pyrrole nitrogens is 1. The highest BCUT2D eigenvalue weighted by atomic mass is 16.3. The maximum Gasteiger partial charge on any atom is 0.170 e. The third kappa shape index (κ3) is 1.85. The van der Waals surface area contributed by atoms with Gasteiger partial charge in [-0.25, -0.2) is 0 Å². The molecule has 5 heteroatoms. The first kappa shape index (κ1) is 11.2. The Morgan fingerprint density at radius 1 is 1.24 bits per heavy atom. The number of nitrogens with zero attached hydrogens (tertiary/aromatic N) is 2. The molecule has 2 rings (SSSR count). The molecule has 0 spiro atoms. The molecule has 0 saturated heterocycles. The lowest BCUT2D eigenvalue weighted by Crippen LogP contribution is -2.15. The van der Waals surface area contributed by atoms with Crippen molar-refractivity contribution in [2.75, 3.05) is 0 Å². The van der Waals surface area contributed by atoms with Crippen LogP contribution in [0.3, 0.4) is 0 Å². The van der Waals surface area contributed by atoms with E-state index in [4.69, 9.17) is 10.5 Å². The van der Waals surface area contributed by atoms with Crippen molar-refractivity contribution < 1.29 is 10.2 Å². The number of aromatic nitrogens is 1. The number of hydrogen-bond donors (Lipinski definition) is 3. The number of rotatable bonds is 2. The monoisotopic (exact) mass is 227 g/mol. The fourth-order valence-corrected chi connectivity index (χ4v) is 1.70. The van der Waals surface area contributed by atoms with Gasteiger partial charge in [-0.3, -0.25) is 0 Å². The lowest BCUT2D eigenvalue weighted by atomic mass is 10.0. The van der Waals surface area contributed by atoms with Crippen LogP contribution in [0, 0.1) is 22.7 Å². The molecule has 5 nitrogen and oxygen atoms in total. The number of aliphatic hydroxyl groups excluding tert-OH is 2. The van der Waals surface area contributed by atoms with Crippen LogP contribution in [-0.2, 0) is 0 Å². The second-order valence-corrected chi connectivity index (χ2v) is 3.63. The number of aliphatic hydroxyl groups is 2. The fourth-order valence-electron chi connectivity index (χ4n) is 1.70. The van der Waals surface area contributed by atoms with E-state index in [1.54, 1.807) is 24.3 Å². The van der Waals surface area contributed by atoms with Gasteiger partial charge in [0.2, 0.25) is 0 Å². The quantitative estimate of drug-likeness (QED) is 0.664. The second kappa shape index (κ2) is 4.26. The van der Waals surface area contributed by atoms with E-state index < -0.39 is 12.2 Å². The van der Waals surface area contributed by atoms with Crippen LogP contribution in [0.1, 0.15) is 17.2 Å². The van der Waals surface area contributed by atoms with Crippen molar-refractivity contribution in [3.8, 4) is 12.1 Å². The van der Waals surface area contributed by atoms with Gasteiger partial charge in [0, 0.05) is 22.7 Å². The summed E-state index contributed by atoms with van der Waals surface area (Å²) in [5.74, 6) is 0. The molecule has 1 heterocycles. The molecule has 2 unspecified atom stereocenters. The summed E-state index contributed by atoms with van der Waals surface area (Å²) < 4.78 is 0. The van der Waals surface area contributed by atoms with Crippen molar-refractivity contribution in [3.05, 3.63) is 35.5 Å². The van der Waals surface area contributed by atoms with Crippen LogP contribution in [0.5, 0.6) is 0 Å². The van der Waals surface area contributed by atoms with Crippen LogP contribution < -0.4 is 0 Å². The Morgan fingerprint density at radius 3 is 2.65 bits per heavy atom. The van der Waals surface area contributed by atoms with Crippen LogP contribution >= 0.6 is 0 Å². The SMILES string of the molecule is N#Cc1ccc2[nH]cc(C(O)C(O)C#N)c2c1. The van der Waals surface area contributed by atoms with Gasteiger partial charge >= 0.3 is 0 Å². The zero-order chi connectivity index (χ0) is 12.4. The molecule has 0 bridgehead atoms. The molecule has 2 atom stereocenters. The van der Waals surface area contributed by atoms with Crippen molar-refractivity contribution in [2.45, 2.75) is 12.2 Å². The van der Waals surface area contributed by atoms with Gasteiger partial charge in [0.1, 0.15) is 6.10 Å². The van der Waals surface area contributed by atoms with Crippen molar-refractivity contribution >= 4 is 10.9 Å². The van der Waals surface area contributed by atoms with E-state index in [2.05, 4.69) is 4.98 Å². The average Bonchev–Trinajstić information content (AvgIpc) is 2.79. The average molecular weight is 227 g/mol. The van der Waals surface area contributed by atoms with Crippen LogP contribution in [0.2, 0.25) is 0 Å². The highest BCUT2D eigenvalue weighted by Crippen LogP contribution is 2.26. The van der Waals surface area contributed by atoms with Gasteiger partial charge in [0.25, 0.3) is 0 Å². The molecule has 0 aliphatic rings. The maximum atomic E-state index is 9.76. The van der Waals surface area contributed by atoms with Crippen molar-refractivity contribution in [1.82, 2.24) is 4.98 Å². The van der Waals surface area contributed by atoms with Crippen LogP contribution in [-0.4, -0.2) is 21.3 Å². The molecule has 84 valence electrons. The lowest BCUT2D eigenvalue weighted by molar-refractivity contribution is 0.0538. The standard InChI is InChI=1S/C12H9N3O2/c13-4-7-1-2-10-8(3-7)9(6-15-10)12(17)11(16)5-14/h1-3,6,11-12,15-17H. The summed E-state index contributed by atoms with van der Waals surface area (Å²) in [6, 6.07) is 8.53. The number of aromatic amines is 1. The zero-order valence-electron chi connectivity index (χ0n) is 8.75. The van der Waals surface area contributed by atoms with Gasteiger partial charge in [-0.05, 0) is 18.2 Å². The van der Waals surface area contributed by atoms with E-state index in [1.807, 2.05) is 6.07 Å². The van der Waals surface area contributed by atoms with E-state index in [9.17, 15) is 10.2 Å². The Hall–Kier alpha value is -2.34. The minimum absolute atomic E-state index is 0.408. The largest absolute Gasteiger partial charge is 0.384 e. The minimum atomic E-state index is -1.49. The summed E-state index contributed by atoms with van der Waals surface area (Å²) in [6.45, 7) is 0. The minimum Gasteiger partial charge on any atom is -0.384 e. The van der Waals surface area contributed by atoms with E-state index >= 15 is 0 Å². The van der Waals surface area contributed by atoms with Gasteiger partial charge in [-0.1, -0.05) is 0 Å². The molecular formula is C12H9N3O2. The van der Waals surface area contributed by atoms with Crippen LogP contribution in [0.4, 0.5) is 0 Å². The highest BCUT2D eigenvalue weighted by Gasteiger charge is 2.21. The summed E-state index contributed by atoms with van der Waals surface area (Å²) in [5.41, 5.74) is 1.60. The summed E-state index contributed by atoms with van der Waals surface area (Å²) in [4.78, 5) is 2.91. The predicted molar refractivity (Wildman–Crippen MR) is 59.6 cm³/mol. The molecule has 0 amide bonds. The van der Waals surface area contributed by atoms with Crippen molar-refractivity contribution in [2.24, 2.45) is 0 Å². The third-order valence-corrected chi connectivity index (χ3v) is 2.59. The van der Waals surface area contributed by atoms with E-state index in [-0.39, 0.29) is 0 Å². The highest BCUT2D eigenvalue weighted by molar-refractivity contribution is 5.85. The molecule has 3 N–H and O–H groups in total. The Bertz CT molecular complexity index is 633. The Labute approximate surface area is 97.2 Å². The number of nitriles is 2. The first-order valence-corrected chi connectivity index (χ1v) is 4.94. The molecule has 0 radical (unpaired) electrons. The third-order valence-electron chi connectivity index (χ3n) is 2.59. The molecular weight excluding hydrogens is 218 g/mol. The van der Waals surface area contributed by atoms with E-state index in [1.165, 1.54) is 6.20 Å². The van der Waals surface area contributed by atoms with Crippen molar-refractivity contribution in [1.29, 1.82) is 10.5 Å². The van der Waals surface area contributed by atoms with E-state index in [0.717, 1.165) is 5.52 Å². The van der Waals surface area contributed by atoms with Crippen molar-refractivity contribution in [3.63, 3.8) is 0 Å². The Kier molecular flexibility index (Phi) is 2.80. The number of benzene rings is 1. The van der Waals surface area contributed by atoms with Gasteiger partial charge in [-0.2, -0.15) is 10.5 Å². The Balaban J connectivity index is 2.56. The second-order valence-electron chi connectivity index (χ2n) is 3.63. The molecule has 0 fully saturated rings. The normalized spacial score (nSPS) is 13.9. The summed E-state index contributed by atoms with van der Waals surface area (Å²) in [6.07, 6.45) is -1.25. The zero-order valence-corrected chi connectivity index (χ0v) is 8.75. The smallest absolute Gasteiger partial charge is 0.170 e. The van der Waals surface area contributed by atoms with E-state index in [0.29, 0.717) is 16.5 Å². The van der Waals surface area contributed by atoms with Crippen LogP contribution in [0.25, 0.3) is 10.9 Å². The molecule has 2 aromatic rings. The molecule has 1 aromatic carbocycles. The maximum absolute atomic E-state index is 9.76. The van der Waals surface area contributed by atoms with Crippen LogP contribution in [0.15, 0.2) is 24.4 Å². The lowest BCUT2D eigenvalue weighted by Gasteiger charge is -2.10. The molecule has 1 aromatic heterocycles. The molecule has 0 aliphatic carbocycles. The number of hydrogen-bond acceptors (Lipinski definition) is 4. The van der Waals surface area contributed by atoms with Gasteiger partial charge in [-0.15, -0.1) is 0 Å². The number of fused-ring (bicyclic) bond motifs is 1. The number of nitrogens with one attached hydrogen (secondary N) is 1. The molecule has 0 aliphatic heterocycles. The van der Waals surface area contributed by atoms with Gasteiger partial charge in [0.15, 0.2) is 6.10 Å². The molecule has 17 heavy (non-hydrogen) atoms. The van der Waals surface area contributed by atoms with Gasteiger partial charge < -0.3 is 15.2 Å². The van der Waals surface area contributed by atoms with Gasteiger partial charge in [0.05, 0.1) is 17.7 Å².